The number of nitrogens with one attached hydrogen (secondary N) is 1. The Morgan fingerprint density at radius 1 is 1.24 bits per heavy atom. The van der Waals surface area contributed by atoms with E-state index in [1.807, 2.05) is 18.2 Å². The van der Waals surface area contributed by atoms with Gasteiger partial charge in [0.05, 0.1) is 11.4 Å². The van der Waals surface area contributed by atoms with Crippen LogP contribution in [-0.2, 0) is 13.2 Å². The number of halogens is 2. The summed E-state index contributed by atoms with van der Waals surface area (Å²) in [5, 5.41) is 3.31. The van der Waals surface area contributed by atoms with Gasteiger partial charge in [0.15, 0.2) is 11.6 Å². The Labute approximate surface area is 132 Å². The molecule has 21 heavy (non-hydrogen) atoms. The monoisotopic (exact) mass is 352 g/mol. The molecule has 0 amide bonds. The predicted molar refractivity (Wildman–Crippen MR) is 84.6 cm³/mol. The van der Waals surface area contributed by atoms with Gasteiger partial charge in [-0.1, -0.05) is 35.8 Å². The van der Waals surface area contributed by atoms with Crippen LogP contribution in [-0.4, -0.2) is 11.0 Å². The first-order valence-corrected chi connectivity index (χ1v) is 7.60. The van der Waals surface area contributed by atoms with Crippen molar-refractivity contribution in [2.45, 2.75) is 33.0 Å². The molecule has 1 N–H and O–H groups in total. The third kappa shape index (κ3) is 5.10. The van der Waals surface area contributed by atoms with Crippen LogP contribution in [0.4, 0.5) is 4.39 Å². The van der Waals surface area contributed by atoms with E-state index in [1.165, 1.54) is 6.07 Å². The lowest BCUT2D eigenvalue weighted by Crippen LogP contribution is -2.22. The fourth-order valence-electron chi connectivity index (χ4n) is 1.76. The van der Waals surface area contributed by atoms with Gasteiger partial charge in [-0.3, -0.25) is 4.98 Å². The summed E-state index contributed by atoms with van der Waals surface area (Å²) >= 11 is 3.30. The maximum atomic E-state index is 13.6. The topological polar surface area (TPSA) is 34.1 Å². The average Bonchev–Trinajstić information content (AvgIpc) is 2.46. The lowest BCUT2D eigenvalue weighted by Gasteiger charge is -2.10. The zero-order valence-corrected chi connectivity index (χ0v) is 13.7. The van der Waals surface area contributed by atoms with Crippen LogP contribution >= 0.6 is 15.9 Å². The van der Waals surface area contributed by atoms with Crippen LogP contribution in [0.2, 0.25) is 0 Å². The van der Waals surface area contributed by atoms with Crippen LogP contribution < -0.4 is 10.1 Å². The molecule has 0 unspecified atom stereocenters. The van der Waals surface area contributed by atoms with E-state index in [2.05, 4.69) is 40.1 Å². The summed E-state index contributed by atoms with van der Waals surface area (Å²) in [6, 6.07) is 10.8. The Morgan fingerprint density at radius 2 is 2.00 bits per heavy atom. The summed E-state index contributed by atoms with van der Waals surface area (Å²) < 4.78 is 19.9. The van der Waals surface area contributed by atoms with E-state index in [4.69, 9.17) is 4.74 Å². The zero-order valence-electron chi connectivity index (χ0n) is 12.1. The first-order chi connectivity index (χ1) is 10.0. The van der Waals surface area contributed by atoms with Crippen molar-refractivity contribution in [1.29, 1.82) is 0 Å². The Balaban J connectivity index is 1.99. The molecule has 0 radical (unpaired) electrons. The maximum Gasteiger partial charge on any atom is 0.165 e. The van der Waals surface area contributed by atoms with E-state index in [-0.39, 0.29) is 18.2 Å². The Bertz CT molecular complexity index is 605. The van der Waals surface area contributed by atoms with Gasteiger partial charge in [-0.25, -0.2) is 4.39 Å². The summed E-state index contributed by atoms with van der Waals surface area (Å²) in [5.74, 6) is -0.160. The van der Waals surface area contributed by atoms with Crippen molar-refractivity contribution in [2.75, 3.05) is 0 Å². The third-order valence-electron chi connectivity index (χ3n) is 2.82. The highest BCUT2D eigenvalue weighted by atomic mass is 79.9. The molecular weight excluding hydrogens is 335 g/mol. The summed E-state index contributed by atoms with van der Waals surface area (Å²) in [6.07, 6.45) is 0. The van der Waals surface area contributed by atoms with Gasteiger partial charge < -0.3 is 10.1 Å². The minimum atomic E-state index is -0.379. The van der Waals surface area contributed by atoms with Gasteiger partial charge in [0.1, 0.15) is 6.61 Å². The van der Waals surface area contributed by atoms with Crippen LogP contribution in [0.5, 0.6) is 5.75 Å². The number of hydrogen-bond donors (Lipinski definition) is 1. The van der Waals surface area contributed by atoms with Crippen molar-refractivity contribution in [1.82, 2.24) is 10.3 Å². The van der Waals surface area contributed by atoms with Crippen LogP contribution in [0.15, 0.2) is 40.9 Å². The molecule has 0 saturated carbocycles. The number of nitrogens with zero attached hydrogens (tertiary/aromatic N) is 1. The van der Waals surface area contributed by atoms with E-state index in [0.717, 1.165) is 15.9 Å². The summed E-state index contributed by atoms with van der Waals surface area (Å²) in [4.78, 5) is 4.49. The number of pyridine rings is 1. The van der Waals surface area contributed by atoms with E-state index < -0.39 is 0 Å². The molecule has 0 bridgehead atoms. The molecular formula is C16H18BrFN2O. The average molecular weight is 353 g/mol. The molecule has 3 nitrogen and oxygen atoms in total. The second-order valence-electron chi connectivity index (χ2n) is 5.02. The molecule has 1 aromatic heterocycles. The van der Waals surface area contributed by atoms with E-state index in [9.17, 15) is 4.39 Å². The molecule has 2 aromatic rings. The van der Waals surface area contributed by atoms with Gasteiger partial charge in [-0.15, -0.1) is 0 Å². The second-order valence-corrected chi connectivity index (χ2v) is 5.93. The maximum absolute atomic E-state index is 13.6. The normalized spacial score (nSPS) is 10.9. The molecule has 0 aliphatic heterocycles. The van der Waals surface area contributed by atoms with Crippen LogP contribution in [0, 0.1) is 5.82 Å². The number of benzene rings is 1. The molecule has 0 spiro atoms. The molecule has 5 heteroatoms. The first-order valence-electron chi connectivity index (χ1n) is 6.80. The molecule has 0 saturated heterocycles. The zero-order chi connectivity index (χ0) is 15.2. The van der Waals surface area contributed by atoms with E-state index in [1.54, 1.807) is 12.1 Å². The molecule has 0 atom stereocenters. The van der Waals surface area contributed by atoms with Crippen molar-refractivity contribution < 1.29 is 9.13 Å². The van der Waals surface area contributed by atoms with Gasteiger partial charge >= 0.3 is 0 Å². The van der Waals surface area contributed by atoms with Crippen molar-refractivity contribution in [3.8, 4) is 5.75 Å². The molecule has 1 heterocycles. The fraction of sp³-hybridized carbons (Fsp3) is 0.312. The summed E-state index contributed by atoms with van der Waals surface area (Å²) in [6.45, 7) is 5.12. The van der Waals surface area contributed by atoms with Gasteiger partial charge in [-0.2, -0.15) is 0 Å². The Morgan fingerprint density at radius 3 is 2.76 bits per heavy atom. The van der Waals surface area contributed by atoms with E-state index >= 15 is 0 Å². The quantitative estimate of drug-likeness (QED) is 0.851. The lowest BCUT2D eigenvalue weighted by atomic mass is 10.3. The van der Waals surface area contributed by atoms with Crippen molar-refractivity contribution >= 4 is 15.9 Å². The fourth-order valence-corrected chi connectivity index (χ4v) is 2.10. The highest BCUT2D eigenvalue weighted by Gasteiger charge is 2.05. The van der Waals surface area contributed by atoms with Crippen molar-refractivity contribution in [2.24, 2.45) is 0 Å². The van der Waals surface area contributed by atoms with Crippen molar-refractivity contribution in [3.05, 3.63) is 58.1 Å². The number of rotatable bonds is 6. The van der Waals surface area contributed by atoms with Gasteiger partial charge in [-0.05, 0) is 30.3 Å². The molecule has 0 aliphatic rings. The highest BCUT2D eigenvalue weighted by Crippen LogP contribution is 2.22. The van der Waals surface area contributed by atoms with E-state index in [0.29, 0.717) is 12.6 Å². The van der Waals surface area contributed by atoms with Crippen LogP contribution in [0.25, 0.3) is 0 Å². The third-order valence-corrected chi connectivity index (χ3v) is 3.32. The molecule has 2 rings (SSSR count). The molecule has 0 aliphatic carbocycles. The molecule has 112 valence electrons. The Kier molecular flexibility index (Phi) is 5.70. The first kappa shape index (κ1) is 15.9. The Hall–Kier alpha value is -1.46. The minimum Gasteiger partial charge on any atom is -0.484 e. The second kappa shape index (κ2) is 7.52. The van der Waals surface area contributed by atoms with Gasteiger partial charge in [0.2, 0.25) is 0 Å². The van der Waals surface area contributed by atoms with Gasteiger partial charge in [0.25, 0.3) is 0 Å². The molecule has 1 aromatic carbocycles. The minimum absolute atomic E-state index is 0.219. The van der Waals surface area contributed by atoms with Crippen LogP contribution in [0.3, 0.4) is 0 Å². The SMILES string of the molecule is CC(C)NCc1cccc(COc2cc(Br)ccc2F)n1. The molecule has 0 fully saturated rings. The predicted octanol–water partition coefficient (Wildman–Crippen LogP) is 4.06. The largest absolute Gasteiger partial charge is 0.484 e. The number of hydrogen-bond acceptors (Lipinski definition) is 3. The van der Waals surface area contributed by atoms with Gasteiger partial charge in [0, 0.05) is 17.1 Å². The smallest absolute Gasteiger partial charge is 0.165 e. The summed E-state index contributed by atoms with van der Waals surface area (Å²) in [5.41, 5.74) is 1.72. The highest BCUT2D eigenvalue weighted by molar-refractivity contribution is 9.10. The summed E-state index contributed by atoms with van der Waals surface area (Å²) in [7, 11) is 0. The number of aromatic nitrogens is 1. The lowest BCUT2D eigenvalue weighted by molar-refractivity contribution is 0.285. The van der Waals surface area contributed by atoms with Crippen molar-refractivity contribution in [3.63, 3.8) is 0 Å². The van der Waals surface area contributed by atoms with Crippen LogP contribution in [0.1, 0.15) is 25.2 Å². The standard InChI is InChI=1S/C16H18BrFN2O/c1-11(2)19-9-13-4-3-5-14(20-13)10-21-16-8-12(17)6-7-15(16)18/h3-8,11,19H,9-10H2,1-2H3. The number of ether oxygens (including phenoxy) is 1.